The number of benzene rings is 1. The summed E-state index contributed by atoms with van der Waals surface area (Å²) in [7, 11) is -1.27. The third-order valence-corrected chi connectivity index (χ3v) is 12.3. The molecule has 1 saturated heterocycles. The maximum Gasteiger partial charge on any atom is 0.438 e. The van der Waals surface area contributed by atoms with E-state index in [1.54, 1.807) is 6.08 Å². The van der Waals surface area contributed by atoms with E-state index in [1.165, 1.54) is 32.4 Å². The summed E-state index contributed by atoms with van der Waals surface area (Å²) < 4.78 is 87.1. The maximum atomic E-state index is 14.5. The van der Waals surface area contributed by atoms with Crippen molar-refractivity contribution in [3.63, 3.8) is 0 Å². The second-order valence-corrected chi connectivity index (χ2v) is 16.6. The lowest BCUT2D eigenvalue weighted by Gasteiger charge is -2.33. The summed E-state index contributed by atoms with van der Waals surface area (Å²) in [6.07, 6.45) is -2.46. The third-order valence-electron chi connectivity index (χ3n) is 10.5. The van der Waals surface area contributed by atoms with Gasteiger partial charge >= 0.3 is 12.3 Å². The van der Waals surface area contributed by atoms with Gasteiger partial charge in [-0.2, -0.15) is 13.2 Å². The SMILES string of the molecule is COC[C@@H]1C[C@H](C)CCC=C[C@@H]2C[C@@]2(C(=O)NS(=O)(=O)C2CC2)NC(=O)[C@@H]2C[C@@H](Oc3nc4cc(OC)ccc4nc3C(F)(F)F)CN2C(=O)[C@H]1NC(=O)O. The van der Waals surface area contributed by atoms with Crippen molar-refractivity contribution >= 4 is 44.9 Å². The van der Waals surface area contributed by atoms with E-state index >= 15 is 0 Å². The van der Waals surface area contributed by atoms with Crippen molar-refractivity contribution in [1.82, 2.24) is 30.2 Å². The van der Waals surface area contributed by atoms with Crippen LogP contribution in [0.2, 0.25) is 0 Å². The van der Waals surface area contributed by atoms with Crippen molar-refractivity contribution in [2.75, 3.05) is 27.4 Å². The predicted molar refractivity (Wildman–Crippen MR) is 187 cm³/mol. The van der Waals surface area contributed by atoms with Gasteiger partial charge < -0.3 is 34.9 Å². The van der Waals surface area contributed by atoms with Crippen LogP contribution in [0.1, 0.15) is 57.6 Å². The number of rotatable bonds is 9. The van der Waals surface area contributed by atoms with Gasteiger partial charge in [0.15, 0.2) is 0 Å². The van der Waals surface area contributed by atoms with E-state index in [2.05, 4.69) is 25.3 Å². The summed E-state index contributed by atoms with van der Waals surface area (Å²) in [5, 5.41) is 14.0. The average Bonchev–Trinajstić information content (AvgIpc) is 4.04. The number of carbonyl (C=O) groups is 4. The Bertz CT molecular complexity index is 1980. The number of allylic oxidation sites excluding steroid dienone is 1. The number of hydrogen-bond donors (Lipinski definition) is 4. The Morgan fingerprint density at radius 2 is 1.85 bits per heavy atom. The number of nitrogens with one attached hydrogen (secondary N) is 3. The third kappa shape index (κ3) is 8.74. The highest BCUT2D eigenvalue weighted by molar-refractivity contribution is 7.91. The molecular weight excluding hydrogens is 753 g/mol. The number of fused-ring (bicyclic) bond motifs is 3. The van der Waals surface area contributed by atoms with E-state index in [0.29, 0.717) is 32.1 Å². The number of carbonyl (C=O) groups excluding carboxylic acids is 3. The van der Waals surface area contributed by atoms with Crippen LogP contribution in [0.3, 0.4) is 0 Å². The zero-order valence-electron chi connectivity index (χ0n) is 30.3. The molecule has 55 heavy (non-hydrogen) atoms. The molecule has 6 rings (SSSR count). The first-order chi connectivity index (χ1) is 25.9. The standard InChI is InChI=1S/C35H43F3N6O10S/c1-18-6-4-5-7-20-15-34(20,32(47)43-55(50,51)23-9-10-23)42-29(45)26-14-22(16-44(26)31(46)27(41-33(48)49)19(12-18)17-52-2)54-30-28(35(36,37)38)39-24-11-8-21(53-3)13-25(24)40-30/h5,7-8,11,13,18-20,22-23,26-27,41H,4,6,9-10,12,14-17H2,1-3H3,(H,42,45)(H,43,47)(H,48,49)/t18-,19+,20-,22-,26+,27+,34-/m1/s1. The zero-order valence-corrected chi connectivity index (χ0v) is 31.1. The van der Waals surface area contributed by atoms with E-state index in [0.717, 1.165) is 4.90 Å². The molecule has 20 heteroatoms. The maximum absolute atomic E-state index is 14.5. The molecule has 3 fully saturated rings. The van der Waals surface area contributed by atoms with Gasteiger partial charge in [-0.15, -0.1) is 0 Å². The zero-order chi connectivity index (χ0) is 39.9. The molecule has 0 unspecified atom stereocenters. The van der Waals surface area contributed by atoms with Gasteiger partial charge in [0.1, 0.15) is 29.5 Å². The molecule has 0 bridgehead atoms. The molecule has 300 valence electrons. The Hall–Kier alpha value is -4.72. The first-order valence-corrected chi connectivity index (χ1v) is 19.4. The summed E-state index contributed by atoms with van der Waals surface area (Å²) in [6.45, 7) is 1.38. The summed E-state index contributed by atoms with van der Waals surface area (Å²) in [5.74, 6) is -4.77. The quantitative estimate of drug-likeness (QED) is 0.270. The number of alkyl halides is 3. The summed E-state index contributed by atoms with van der Waals surface area (Å²) in [4.78, 5) is 63.4. The molecule has 0 spiro atoms. The molecular formula is C35H43F3N6O10S. The number of carboxylic acid groups (broad SMARTS) is 1. The first kappa shape index (κ1) is 40.0. The van der Waals surface area contributed by atoms with Crippen LogP contribution in [-0.4, -0.2) is 109 Å². The van der Waals surface area contributed by atoms with E-state index in [9.17, 15) is 45.9 Å². The van der Waals surface area contributed by atoms with Crippen LogP contribution in [0.4, 0.5) is 18.0 Å². The fourth-order valence-electron chi connectivity index (χ4n) is 7.39. The van der Waals surface area contributed by atoms with Crippen molar-refractivity contribution < 1.29 is 60.1 Å². The van der Waals surface area contributed by atoms with Gasteiger partial charge in [-0.3, -0.25) is 19.1 Å². The highest BCUT2D eigenvalue weighted by Crippen LogP contribution is 2.46. The van der Waals surface area contributed by atoms with Gasteiger partial charge in [-0.1, -0.05) is 19.1 Å². The van der Waals surface area contributed by atoms with Crippen molar-refractivity contribution in [2.24, 2.45) is 17.8 Å². The highest BCUT2D eigenvalue weighted by atomic mass is 32.2. The second kappa shape index (κ2) is 15.4. The lowest BCUT2D eigenvalue weighted by atomic mass is 9.87. The monoisotopic (exact) mass is 796 g/mol. The minimum absolute atomic E-state index is 0.00759. The Morgan fingerprint density at radius 3 is 2.51 bits per heavy atom. The molecule has 4 N–H and O–H groups in total. The molecule has 1 aromatic carbocycles. The molecule has 2 aromatic rings. The Kier molecular flexibility index (Phi) is 11.2. The molecule has 2 saturated carbocycles. The second-order valence-electron chi connectivity index (χ2n) is 14.6. The number of sulfonamides is 1. The predicted octanol–water partition coefficient (Wildman–Crippen LogP) is 2.76. The molecule has 4 aliphatic rings. The van der Waals surface area contributed by atoms with E-state index in [4.69, 9.17) is 14.2 Å². The largest absolute Gasteiger partial charge is 0.497 e. The van der Waals surface area contributed by atoms with Crippen LogP contribution in [0.25, 0.3) is 11.0 Å². The number of ether oxygens (including phenoxy) is 3. The molecule has 2 aliphatic carbocycles. The topological polar surface area (TPSA) is 215 Å². The van der Waals surface area contributed by atoms with Crippen molar-refractivity contribution in [3.8, 4) is 11.6 Å². The highest BCUT2D eigenvalue weighted by Gasteiger charge is 2.62. The lowest BCUT2D eigenvalue weighted by Crippen LogP contribution is -2.59. The molecule has 16 nitrogen and oxygen atoms in total. The van der Waals surface area contributed by atoms with Gasteiger partial charge in [0.2, 0.25) is 33.4 Å². The molecule has 7 atom stereocenters. The summed E-state index contributed by atoms with van der Waals surface area (Å²) in [6, 6.07) is 1.11. The van der Waals surface area contributed by atoms with E-state index in [-0.39, 0.29) is 35.7 Å². The Balaban J connectivity index is 1.39. The van der Waals surface area contributed by atoms with Crippen LogP contribution >= 0.6 is 0 Å². The van der Waals surface area contributed by atoms with Crippen LogP contribution in [-0.2, 0) is 35.3 Å². The van der Waals surface area contributed by atoms with Crippen LogP contribution in [0, 0.1) is 17.8 Å². The number of halogens is 3. The number of hydrogen-bond acceptors (Lipinski definition) is 11. The summed E-state index contributed by atoms with van der Waals surface area (Å²) >= 11 is 0. The number of amides is 4. The average molecular weight is 797 g/mol. The van der Waals surface area contributed by atoms with Gasteiger partial charge in [-0.05, 0) is 56.6 Å². The Morgan fingerprint density at radius 1 is 1.11 bits per heavy atom. The first-order valence-electron chi connectivity index (χ1n) is 17.9. The smallest absolute Gasteiger partial charge is 0.438 e. The normalized spacial score (nSPS) is 28.9. The fourth-order valence-corrected chi connectivity index (χ4v) is 8.76. The fraction of sp³-hybridized carbons (Fsp3) is 0.600. The molecule has 3 heterocycles. The number of methoxy groups -OCH3 is 2. The van der Waals surface area contributed by atoms with Crippen molar-refractivity contribution in [3.05, 3.63) is 36.0 Å². The minimum Gasteiger partial charge on any atom is -0.497 e. The summed E-state index contributed by atoms with van der Waals surface area (Å²) in [5.41, 5.74) is -3.26. The van der Waals surface area contributed by atoms with E-state index < -0.39 is 105 Å². The van der Waals surface area contributed by atoms with Crippen LogP contribution < -0.4 is 24.8 Å². The van der Waals surface area contributed by atoms with Crippen LogP contribution in [0.5, 0.6) is 11.6 Å². The molecule has 0 radical (unpaired) electrons. The Labute approximate surface area is 314 Å². The van der Waals surface area contributed by atoms with Gasteiger partial charge in [0.25, 0.3) is 5.91 Å². The number of nitrogens with zero attached hydrogens (tertiary/aromatic N) is 3. The van der Waals surface area contributed by atoms with E-state index in [1.807, 2.05) is 13.0 Å². The van der Waals surface area contributed by atoms with Gasteiger partial charge in [0.05, 0.1) is 36.5 Å². The van der Waals surface area contributed by atoms with Gasteiger partial charge in [0, 0.05) is 31.4 Å². The van der Waals surface area contributed by atoms with Crippen molar-refractivity contribution in [2.45, 2.75) is 87.0 Å². The minimum atomic E-state index is -5.03. The molecule has 2 aliphatic heterocycles. The molecule has 1 aromatic heterocycles. The van der Waals surface area contributed by atoms with Crippen LogP contribution in [0.15, 0.2) is 30.4 Å². The lowest BCUT2D eigenvalue weighted by molar-refractivity contribution is -0.143. The van der Waals surface area contributed by atoms with Crippen molar-refractivity contribution in [1.29, 1.82) is 0 Å². The number of aromatic nitrogens is 2. The molecule has 4 amide bonds. The van der Waals surface area contributed by atoms with Gasteiger partial charge in [-0.25, -0.2) is 23.2 Å².